The molecule has 0 fully saturated rings. The molecule has 1 N–H and O–H groups in total. The summed E-state index contributed by atoms with van der Waals surface area (Å²) in [5.41, 5.74) is 4.05. The van der Waals surface area contributed by atoms with Gasteiger partial charge in [-0.15, -0.1) is 0 Å². The van der Waals surface area contributed by atoms with Crippen molar-refractivity contribution in [3.63, 3.8) is 0 Å². The number of aryl methyl sites for hydroxylation is 1. The average Bonchev–Trinajstić information content (AvgIpc) is 3.32. The van der Waals surface area contributed by atoms with E-state index in [2.05, 4.69) is 17.6 Å². The summed E-state index contributed by atoms with van der Waals surface area (Å²) in [6, 6.07) is 20.1. The molecule has 5 rings (SSSR count). The lowest BCUT2D eigenvalue weighted by atomic mass is 10.0. The lowest BCUT2D eigenvalue weighted by molar-refractivity contribution is 0.413. The number of nitrogens with one attached hydrogen (secondary N) is 1. The number of hydrogen-bond donors (Lipinski definition) is 1. The first-order valence-corrected chi connectivity index (χ1v) is 11.7. The molecular weight excluding hydrogens is 451 g/mol. The van der Waals surface area contributed by atoms with Crippen molar-refractivity contribution in [2.24, 2.45) is 0 Å². The quantitative estimate of drug-likeness (QED) is 0.401. The van der Waals surface area contributed by atoms with Gasteiger partial charge in [0.1, 0.15) is 17.1 Å². The van der Waals surface area contributed by atoms with Crippen molar-refractivity contribution in [2.45, 2.75) is 19.9 Å². The summed E-state index contributed by atoms with van der Waals surface area (Å²) >= 11 is 0. The van der Waals surface area contributed by atoms with Crippen LogP contribution in [0.3, 0.4) is 0 Å². The van der Waals surface area contributed by atoms with Gasteiger partial charge in [-0.3, -0.25) is 5.41 Å². The van der Waals surface area contributed by atoms with Crippen molar-refractivity contribution in [1.82, 2.24) is 14.1 Å². The summed E-state index contributed by atoms with van der Waals surface area (Å²) in [5.74, 6) is 0.438. The largest absolute Gasteiger partial charge is 0.495 e. The number of benzene rings is 3. The lowest BCUT2D eigenvalue weighted by Crippen LogP contribution is -2.44. The standard InChI is InChI=1S/C30H27FN4O/c1-19-17-34(18-33-19)28-14-9-22(16-29(28)36-4)15-27-21(3)35(20(2)23-10-12-24(31)13-11-23)30(32)26-8-6-5-7-25(26)27/h5-18,20,32H,3H2,1-2,4H3/b27-15-,32-30?. The maximum atomic E-state index is 13.5. The molecule has 0 aliphatic rings. The second-order valence-electron chi connectivity index (χ2n) is 8.85. The number of hydrogen-bond acceptors (Lipinski definition) is 3. The zero-order valence-electron chi connectivity index (χ0n) is 20.5. The van der Waals surface area contributed by atoms with E-state index in [9.17, 15) is 4.39 Å². The Bertz CT molecular complexity index is 1750. The maximum absolute atomic E-state index is 13.5. The van der Waals surface area contributed by atoms with Gasteiger partial charge in [0.25, 0.3) is 0 Å². The smallest absolute Gasteiger partial charge is 0.143 e. The van der Waals surface area contributed by atoms with Crippen LogP contribution in [-0.2, 0) is 0 Å². The molecule has 6 heteroatoms. The van der Waals surface area contributed by atoms with Crippen molar-refractivity contribution in [3.8, 4) is 11.4 Å². The van der Waals surface area contributed by atoms with E-state index in [1.807, 2.05) is 71.6 Å². The van der Waals surface area contributed by atoms with Crippen LogP contribution in [0.1, 0.15) is 29.8 Å². The van der Waals surface area contributed by atoms with Crippen LogP contribution in [0, 0.1) is 18.2 Å². The molecule has 0 radical (unpaired) electrons. The Balaban J connectivity index is 1.73. The lowest BCUT2D eigenvalue weighted by Gasteiger charge is -2.20. The number of methoxy groups -OCH3 is 1. The van der Waals surface area contributed by atoms with Gasteiger partial charge >= 0.3 is 0 Å². The van der Waals surface area contributed by atoms with E-state index >= 15 is 0 Å². The first-order valence-electron chi connectivity index (χ1n) is 11.7. The number of ether oxygens (including phenoxy) is 1. The summed E-state index contributed by atoms with van der Waals surface area (Å²) in [6.07, 6.45) is 5.80. The predicted molar refractivity (Wildman–Crippen MR) is 141 cm³/mol. The molecule has 0 aliphatic carbocycles. The number of rotatable bonds is 5. The fraction of sp³-hybridized carbons (Fsp3) is 0.133. The van der Waals surface area contributed by atoms with Crippen molar-refractivity contribution in [1.29, 1.82) is 5.41 Å². The van der Waals surface area contributed by atoms with Crippen LogP contribution in [0.15, 0.2) is 79.3 Å². The van der Waals surface area contributed by atoms with E-state index < -0.39 is 0 Å². The second-order valence-corrected chi connectivity index (χ2v) is 8.85. The number of imidazole rings is 1. The summed E-state index contributed by atoms with van der Waals surface area (Å²) in [4.78, 5) is 4.32. The number of halogens is 1. The number of fused-ring (bicyclic) bond motifs is 1. The van der Waals surface area contributed by atoms with E-state index in [-0.39, 0.29) is 11.9 Å². The van der Waals surface area contributed by atoms with Gasteiger partial charge in [-0.25, -0.2) is 9.37 Å². The number of aromatic nitrogens is 3. The summed E-state index contributed by atoms with van der Waals surface area (Å²) in [6.45, 7) is 8.35. The molecule has 1 atom stereocenters. The van der Waals surface area contributed by atoms with Gasteiger partial charge in [0.2, 0.25) is 0 Å². The Kier molecular flexibility index (Phi) is 6.02. The fourth-order valence-electron chi connectivity index (χ4n) is 4.67. The molecule has 1 unspecified atom stereocenters. The fourth-order valence-corrected chi connectivity index (χ4v) is 4.67. The molecule has 0 saturated heterocycles. The first kappa shape index (κ1) is 23.3. The minimum Gasteiger partial charge on any atom is -0.495 e. The molecule has 180 valence electrons. The average molecular weight is 479 g/mol. The molecule has 0 spiro atoms. The van der Waals surface area contributed by atoms with Gasteiger partial charge in [0.05, 0.1) is 30.9 Å². The molecule has 0 saturated carbocycles. The van der Waals surface area contributed by atoms with Crippen molar-refractivity contribution in [2.75, 3.05) is 7.11 Å². The van der Waals surface area contributed by atoms with Crippen LogP contribution in [0.5, 0.6) is 5.75 Å². The molecule has 0 amide bonds. The highest BCUT2D eigenvalue weighted by Gasteiger charge is 2.13. The third-order valence-electron chi connectivity index (χ3n) is 6.56. The zero-order valence-corrected chi connectivity index (χ0v) is 20.5. The Hall–Kier alpha value is -4.45. The van der Waals surface area contributed by atoms with Crippen LogP contribution in [0.4, 0.5) is 4.39 Å². The van der Waals surface area contributed by atoms with Crippen molar-refractivity contribution >= 4 is 23.4 Å². The number of pyridine rings is 1. The van der Waals surface area contributed by atoms with Gasteiger partial charge in [0, 0.05) is 22.2 Å². The Labute approximate surface area is 208 Å². The molecule has 2 aromatic heterocycles. The van der Waals surface area contributed by atoms with Gasteiger partial charge in [0.15, 0.2) is 0 Å². The highest BCUT2D eigenvalue weighted by atomic mass is 19.1. The first-order chi connectivity index (χ1) is 17.4. The monoisotopic (exact) mass is 478 g/mol. The third-order valence-corrected chi connectivity index (χ3v) is 6.56. The minimum atomic E-state index is -0.285. The van der Waals surface area contributed by atoms with Gasteiger partial charge in [-0.2, -0.15) is 0 Å². The molecule has 5 aromatic rings. The minimum absolute atomic E-state index is 0.205. The zero-order chi connectivity index (χ0) is 25.4. The predicted octanol–water partition coefficient (Wildman–Crippen LogP) is 4.61. The highest BCUT2D eigenvalue weighted by Crippen LogP contribution is 2.25. The van der Waals surface area contributed by atoms with Gasteiger partial charge in [-0.1, -0.05) is 49.0 Å². The van der Waals surface area contributed by atoms with E-state index in [0.717, 1.165) is 44.2 Å². The molecule has 3 aromatic carbocycles. The van der Waals surface area contributed by atoms with Gasteiger partial charge < -0.3 is 13.9 Å². The SMILES string of the molecule is C=c1/c(=C/c2ccc(-n3cnc(C)c3)c(OC)c2)c2ccccc2c(=N)n1C(C)c1ccc(F)cc1. The maximum Gasteiger partial charge on any atom is 0.143 e. The third kappa shape index (κ3) is 4.11. The van der Waals surface area contributed by atoms with Crippen LogP contribution in [0.25, 0.3) is 29.1 Å². The Morgan fingerprint density at radius 1 is 1.06 bits per heavy atom. The van der Waals surface area contributed by atoms with Gasteiger partial charge in [-0.05, 0) is 60.7 Å². The molecule has 0 bridgehead atoms. The van der Waals surface area contributed by atoms with Crippen LogP contribution in [-0.4, -0.2) is 21.2 Å². The summed E-state index contributed by atoms with van der Waals surface area (Å²) in [7, 11) is 1.65. The van der Waals surface area contributed by atoms with E-state index in [1.165, 1.54) is 12.1 Å². The van der Waals surface area contributed by atoms with Crippen molar-refractivity contribution in [3.05, 3.63) is 118 Å². The molecule has 0 aliphatic heterocycles. The van der Waals surface area contributed by atoms with Crippen LogP contribution < -0.4 is 20.8 Å². The van der Waals surface area contributed by atoms with Crippen LogP contribution >= 0.6 is 0 Å². The Morgan fingerprint density at radius 2 is 1.78 bits per heavy atom. The van der Waals surface area contributed by atoms with E-state index in [1.54, 1.807) is 25.6 Å². The molecular formula is C30H27FN4O. The highest BCUT2D eigenvalue weighted by molar-refractivity contribution is 5.83. The summed E-state index contributed by atoms with van der Waals surface area (Å²) < 4.78 is 23.1. The summed E-state index contributed by atoms with van der Waals surface area (Å²) in [5, 5.41) is 12.4. The van der Waals surface area contributed by atoms with Crippen molar-refractivity contribution < 1.29 is 9.13 Å². The second kappa shape index (κ2) is 9.30. The molecule has 5 nitrogen and oxygen atoms in total. The van der Waals surface area contributed by atoms with Crippen LogP contribution in [0.2, 0.25) is 0 Å². The topological polar surface area (TPSA) is 55.8 Å². The molecule has 2 heterocycles. The Morgan fingerprint density at radius 3 is 2.44 bits per heavy atom. The van der Waals surface area contributed by atoms with E-state index in [0.29, 0.717) is 10.8 Å². The van der Waals surface area contributed by atoms with E-state index in [4.69, 9.17) is 10.1 Å². The normalized spacial score (nSPS) is 12.7. The number of nitrogens with zero attached hydrogens (tertiary/aromatic N) is 3. The molecule has 36 heavy (non-hydrogen) atoms.